The Kier molecular flexibility index (Phi) is 3.82. The van der Waals surface area contributed by atoms with Crippen molar-refractivity contribution in [1.82, 2.24) is 14.9 Å². The molecule has 0 bridgehead atoms. The average Bonchev–Trinajstić information content (AvgIpc) is 2.56. The summed E-state index contributed by atoms with van der Waals surface area (Å²) < 4.78 is 16.1. The quantitative estimate of drug-likeness (QED) is 0.849. The van der Waals surface area contributed by atoms with Gasteiger partial charge in [-0.05, 0) is 34.2 Å². The minimum atomic E-state index is -0.340. The number of nitrogens with zero attached hydrogens (tertiary/aromatic N) is 1. The molecule has 0 aliphatic rings. The SMILES string of the molecule is CC(=O)NCCn1c(=S)[nH]c2cc(F)c(Br)cc21. The standard InChI is InChI=1S/C11H11BrFN3OS/c1-6(17)14-2-3-16-10-4-7(12)8(13)5-9(10)15-11(16)18/h4-5H,2-3H2,1H3,(H,14,17)(H,15,18). The van der Waals surface area contributed by atoms with Gasteiger partial charge < -0.3 is 14.9 Å². The van der Waals surface area contributed by atoms with Gasteiger partial charge in [-0.3, -0.25) is 4.79 Å². The third-order valence-electron chi connectivity index (χ3n) is 2.53. The molecule has 0 aliphatic heterocycles. The number of fused-ring (bicyclic) bond motifs is 1. The average molecular weight is 332 g/mol. The van der Waals surface area contributed by atoms with E-state index in [1.54, 1.807) is 6.07 Å². The Hall–Kier alpha value is -1.21. The maximum atomic E-state index is 13.4. The number of amides is 1. The molecule has 0 saturated heterocycles. The maximum absolute atomic E-state index is 13.4. The molecule has 4 nitrogen and oxygen atoms in total. The lowest BCUT2D eigenvalue weighted by Gasteiger charge is -2.05. The van der Waals surface area contributed by atoms with E-state index in [-0.39, 0.29) is 11.7 Å². The molecule has 7 heteroatoms. The summed E-state index contributed by atoms with van der Waals surface area (Å²) in [7, 11) is 0. The smallest absolute Gasteiger partial charge is 0.216 e. The summed E-state index contributed by atoms with van der Waals surface area (Å²) in [5.41, 5.74) is 1.45. The van der Waals surface area contributed by atoms with Crippen molar-refractivity contribution in [2.75, 3.05) is 6.54 Å². The molecule has 1 heterocycles. The van der Waals surface area contributed by atoms with E-state index in [0.717, 1.165) is 5.52 Å². The number of benzene rings is 1. The second-order valence-electron chi connectivity index (χ2n) is 3.85. The Morgan fingerprint density at radius 2 is 2.33 bits per heavy atom. The van der Waals surface area contributed by atoms with Crippen LogP contribution in [0.1, 0.15) is 6.92 Å². The molecule has 18 heavy (non-hydrogen) atoms. The zero-order valence-electron chi connectivity index (χ0n) is 9.59. The van der Waals surface area contributed by atoms with E-state index in [1.807, 2.05) is 4.57 Å². The molecule has 0 unspecified atom stereocenters. The van der Waals surface area contributed by atoms with Gasteiger partial charge in [0.15, 0.2) is 4.77 Å². The lowest BCUT2D eigenvalue weighted by Crippen LogP contribution is -2.24. The Labute approximate surface area is 116 Å². The van der Waals surface area contributed by atoms with Gasteiger partial charge >= 0.3 is 0 Å². The van der Waals surface area contributed by atoms with E-state index in [0.29, 0.717) is 27.8 Å². The van der Waals surface area contributed by atoms with E-state index in [9.17, 15) is 9.18 Å². The van der Waals surface area contributed by atoms with Crippen LogP contribution in [0.3, 0.4) is 0 Å². The zero-order chi connectivity index (χ0) is 13.3. The Bertz CT molecular complexity index is 664. The third kappa shape index (κ3) is 2.62. The van der Waals surface area contributed by atoms with Gasteiger partial charge in [-0.15, -0.1) is 0 Å². The lowest BCUT2D eigenvalue weighted by atomic mass is 10.3. The fraction of sp³-hybridized carbons (Fsp3) is 0.273. The topological polar surface area (TPSA) is 49.8 Å². The molecule has 0 aliphatic carbocycles. The van der Waals surface area contributed by atoms with Gasteiger partial charge in [0.25, 0.3) is 0 Å². The summed E-state index contributed by atoms with van der Waals surface area (Å²) >= 11 is 8.32. The minimum absolute atomic E-state index is 0.0893. The van der Waals surface area contributed by atoms with Crippen LogP contribution in [-0.4, -0.2) is 22.0 Å². The zero-order valence-corrected chi connectivity index (χ0v) is 12.0. The Morgan fingerprint density at radius 3 is 3.00 bits per heavy atom. The molecule has 2 N–H and O–H groups in total. The Morgan fingerprint density at radius 1 is 1.61 bits per heavy atom. The van der Waals surface area contributed by atoms with Crippen molar-refractivity contribution < 1.29 is 9.18 Å². The highest BCUT2D eigenvalue weighted by atomic mass is 79.9. The number of carbonyl (C=O) groups is 1. The van der Waals surface area contributed by atoms with Crippen molar-refractivity contribution in [3.8, 4) is 0 Å². The summed E-state index contributed by atoms with van der Waals surface area (Å²) in [6, 6.07) is 3.06. The minimum Gasteiger partial charge on any atom is -0.355 e. The molecule has 2 rings (SSSR count). The summed E-state index contributed by atoms with van der Waals surface area (Å²) in [5, 5.41) is 2.70. The third-order valence-corrected chi connectivity index (χ3v) is 3.46. The van der Waals surface area contributed by atoms with Gasteiger partial charge in [-0.25, -0.2) is 4.39 Å². The highest BCUT2D eigenvalue weighted by Crippen LogP contribution is 2.23. The van der Waals surface area contributed by atoms with Gasteiger partial charge in [-0.1, -0.05) is 0 Å². The molecule has 1 aromatic carbocycles. The van der Waals surface area contributed by atoms with Crippen molar-refractivity contribution in [3.63, 3.8) is 0 Å². The number of imidazole rings is 1. The number of carbonyl (C=O) groups excluding carboxylic acids is 1. The first kappa shape index (κ1) is 13.2. The number of aromatic nitrogens is 2. The maximum Gasteiger partial charge on any atom is 0.216 e. The fourth-order valence-electron chi connectivity index (χ4n) is 1.72. The van der Waals surface area contributed by atoms with Crippen LogP contribution in [0.2, 0.25) is 0 Å². The molecule has 0 radical (unpaired) electrons. The number of nitrogens with one attached hydrogen (secondary N) is 2. The molecule has 0 spiro atoms. The van der Waals surface area contributed by atoms with E-state index in [1.165, 1.54) is 13.0 Å². The van der Waals surface area contributed by atoms with Crippen LogP contribution < -0.4 is 5.32 Å². The van der Waals surface area contributed by atoms with Crippen LogP contribution in [0, 0.1) is 10.6 Å². The van der Waals surface area contributed by atoms with Gasteiger partial charge in [0.2, 0.25) is 5.91 Å². The van der Waals surface area contributed by atoms with Crippen molar-refractivity contribution in [3.05, 3.63) is 27.2 Å². The van der Waals surface area contributed by atoms with E-state index >= 15 is 0 Å². The number of hydrogen-bond donors (Lipinski definition) is 2. The van der Waals surface area contributed by atoms with E-state index in [2.05, 4.69) is 26.2 Å². The number of aromatic amines is 1. The predicted octanol–water partition coefficient (Wildman–Crippen LogP) is 2.74. The lowest BCUT2D eigenvalue weighted by molar-refractivity contribution is -0.118. The predicted molar refractivity (Wildman–Crippen MR) is 73.5 cm³/mol. The largest absolute Gasteiger partial charge is 0.355 e. The highest BCUT2D eigenvalue weighted by molar-refractivity contribution is 9.10. The van der Waals surface area contributed by atoms with Crippen LogP contribution >= 0.6 is 28.1 Å². The molecular formula is C11H11BrFN3OS. The number of H-pyrrole nitrogens is 1. The molecule has 96 valence electrons. The van der Waals surface area contributed by atoms with Gasteiger partial charge in [0.05, 0.1) is 15.5 Å². The van der Waals surface area contributed by atoms with Crippen LogP contribution in [0.5, 0.6) is 0 Å². The van der Waals surface area contributed by atoms with Crippen LogP contribution in [-0.2, 0) is 11.3 Å². The molecule has 0 atom stereocenters. The first-order valence-corrected chi connectivity index (χ1v) is 6.51. The van der Waals surface area contributed by atoms with Crippen LogP contribution in [0.15, 0.2) is 16.6 Å². The highest BCUT2D eigenvalue weighted by Gasteiger charge is 2.08. The second-order valence-corrected chi connectivity index (χ2v) is 5.09. The first-order chi connectivity index (χ1) is 8.49. The first-order valence-electron chi connectivity index (χ1n) is 5.31. The van der Waals surface area contributed by atoms with Gasteiger partial charge in [0, 0.05) is 26.1 Å². The number of hydrogen-bond acceptors (Lipinski definition) is 2. The van der Waals surface area contributed by atoms with Gasteiger partial charge in [-0.2, -0.15) is 0 Å². The monoisotopic (exact) mass is 331 g/mol. The molecular weight excluding hydrogens is 321 g/mol. The van der Waals surface area contributed by atoms with Crippen molar-refractivity contribution in [2.24, 2.45) is 0 Å². The second kappa shape index (κ2) is 5.19. The summed E-state index contributed by atoms with van der Waals surface area (Å²) in [5.74, 6) is -0.429. The van der Waals surface area contributed by atoms with Crippen molar-refractivity contribution in [2.45, 2.75) is 13.5 Å². The number of halogens is 2. The summed E-state index contributed by atoms with van der Waals surface area (Å²) in [4.78, 5) is 13.7. The summed E-state index contributed by atoms with van der Waals surface area (Å²) in [6.07, 6.45) is 0. The van der Waals surface area contributed by atoms with Crippen LogP contribution in [0.4, 0.5) is 4.39 Å². The summed E-state index contributed by atoms with van der Waals surface area (Å²) in [6.45, 7) is 2.47. The van der Waals surface area contributed by atoms with Crippen molar-refractivity contribution in [1.29, 1.82) is 0 Å². The molecule has 1 amide bonds. The molecule has 0 fully saturated rings. The van der Waals surface area contributed by atoms with E-state index < -0.39 is 0 Å². The molecule has 1 aromatic heterocycles. The fourth-order valence-corrected chi connectivity index (χ4v) is 2.35. The van der Waals surface area contributed by atoms with E-state index in [4.69, 9.17) is 12.2 Å². The Balaban J connectivity index is 2.37. The van der Waals surface area contributed by atoms with Crippen LogP contribution in [0.25, 0.3) is 11.0 Å². The number of rotatable bonds is 3. The van der Waals surface area contributed by atoms with Crippen molar-refractivity contribution >= 4 is 45.1 Å². The molecule has 2 aromatic rings. The molecule has 0 saturated carbocycles. The van der Waals surface area contributed by atoms with Gasteiger partial charge in [0.1, 0.15) is 5.82 Å². The normalized spacial score (nSPS) is 10.8.